The van der Waals surface area contributed by atoms with Crippen LogP contribution in [-0.2, 0) is 16.0 Å². The van der Waals surface area contributed by atoms with Gasteiger partial charge in [0.2, 0.25) is 5.91 Å². The Balaban J connectivity index is 1.87. The van der Waals surface area contributed by atoms with Crippen LogP contribution in [0.2, 0.25) is 0 Å². The zero-order valence-corrected chi connectivity index (χ0v) is 17.5. The van der Waals surface area contributed by atoms with Crippen LogP contribution in [0.3, 0.4) is 0 Å². The number of aliphatic carboxylic acids is 1. The van der Waals surface area contributed by atoms with Crippen molar-refractivity contribution < 1.29 is 19.8 Å². The minimum absolute atomic E-state index is 0.188. The van der Waals surface area contributed by atoms with Gasteiger partial charge in [0.15, 0.2) is 0 Å². The monoisotopic (exact) mass is 415 g/mol. The Bertz CT molecular complexity index is 764. The van der Waals surface area contributed by atoms with E-state index in [9.17, 15) is 19.8 Å². The Kier molecular flexibility index (Phi) is 9.74. The lowest BCUT2D eigenvalue weighted by Gasteiger charge is -2.19. The van der Waals surface area contributed by atoms with E-state index in [2.05, 4.69) is 29.6 Å². The number of aryl methyl sites for hydroxylation is 1. The SMILES string of the molecule is CSCCC(CO)NC(=O)C(CCCc1ccc(-c2ccccc2)cc1)C(=O)O. The van der Waals surface area contributed by atoms with Crippen molar-refractivity contribution in [1.29, 1.82) is 0 Å². The van der Waals surface area contributed by atoms with E-state index in [4.69, 9.17) is 0 Å². The van der Waals surface area contributed by atoms with Gasteiger partial charge in [0.1, 0.15) is 5.92 Å². The molecule has 0 heterocycles. The van der Waals surface area contributed by atoms with E-state index in [1.54, 1.807) is 11.8 Å². The number of nitrogens with one attached hydrogen (secondary N) is 1. The van der Waals surface area contributed by atoms with Crippen molar-refractivity contribution in [2.24, 2.45) is 5.92 Å². The molecule has 0 spiro atoms. The molecule has 6 heteroatoms. The Morgan fingerprint density at radius 2 is 1.66 bits per heavy atom. The van der Waals surface area contributed by atoms with Crippen molar-refractivity contribution in [3.8, 4) is 11.1 Å². The Hall–Kier alpha value is -2.31. The quantitative estimate of drug-likeness (QED) is 0.461. The maximum atomic E-state index is 12.4. The summed E-state index contributed by atoms with van der Waals surface area (Å²) in [6, 6.07) is 17.9. The van der Waals surface area contributed by atoms with Gasteiger partial charge in [-0.1, -0.05) is 54.6 Å². The smallest absolute Gasteiger partial charge is 0.316 e. The molecule has 2 rings (SSSR count). The highest BCUT2D eigenvalue weighted by Crippen LogP contribution is 2.20. The maximum Gasteiger partial charge on any atom is 0.316 e. The number of benzene rings is 2. The number of carboxylic acid groups (broad SMARTS) is 1. The molecule has 29 heavy (non-hydrogen) atoms. The number of aliphatic hydroxyl groups is 1. The first kappa shape index (κ1) is 23.0. The van der Waals surface area contributed by atoms with Crippen LogP contribution in [0.25, 0.3) is 11.1 Å². The maximum absolute atomic E-state index is 12.4. The number of rotatable bonds is 12. The number of carbonyl (C=O) groups excluding carboxylic acids is 1. The molecule has 2 atom stereocenters. The lowest BCUT2D eigenvalue weighted by atomic mass is 9.97. The second-order valence-corrected chi connectivity index (χ2v) is 8.00. The fourth-order valence-electron chi connectivity index (χ4n) is 3.14. The van der Waals surface area contributed by atoms with E-state index < -0.39 is 23.8 Å². The Morgan fingerprint density at radius 1 is 1.00 bits per heavy atom. The van der Waals surface area contributed by atoms with E-state index >= 15 is 0 Å². The molecule has 0 radical (unpaired) electrons. The van der Waals surface area contributed by atoms with E-state index in [1.807, 2.05) is 36.6 Å². The first-order chi connectivity index (χ1) is 14.0. The van der Waals surface area contributed by atoms with Crippen molar-refractivity contribution in [3.05, 3.63) is 60.2 Å². The average molecular weight is 416 g/mol. The Labute approximate surface area is 176 Å². The molecular weight excluding hydrogens is 386 g/mol. The summed E-state index contributed by atoms with van der Waals surface area (Å²) in [6.45, 7) is -0.188. The van der Waals surface area contributed by atoms with Crippen LogP contribution in [0, 0.1) is 5.92 Å². The van der Waals surface area contributed by atoms with Crippen LogP contribution < -0.4 is 5.32 Å². The van der Waals surface area contributed by atoms with E-state index in [0.717, 1.165) is 22.4 Å². The summed E-state index contributed by atoms with van der Waals surface area (Å²) in [7, 11) is 0. The molecule has 3 N–H and O–H groups in total. The molecule has 2 aromatic carbocycles. The van der Waals surface area contributed by atoms with Crippen LogP contribution in [0.4, 0.5) is 0 Å². The number of hydrogen-bond acceptors (Lipinski definition) is 4. The zero-order chi connectivity index (χ0) is 21.1. The molecule has 0 saturated carbocycles. The highest BCUT2D eigenvalue weighted by atomic mass is 32.2. The van der Waals surface area contributed by atoms with Crippen LogP contribution >= 0.6 is 11.8 Å². The third kappa shape index (κ3) is 7.55. The molecule has 2 unspecified atom stereocenters. The lowest BCUT2D eigenvalue weighted by Crippen LogP contribution is -2.43. The predicted molar refractivity (Wildman–Crippen MR) is 118 cm³/mol. The molecule has 0 aromatic heterocycles. The van der Waals surface area contributed by atoms with Gasteiger partial charge in [0.25, 0.3) is 0 Å². The van der Waals surface area contributed by atoms with Crippen LogP contribution in [-0.4, -0.2) is 46.7 Å². The van der Waals surface area contributed by atoms with E-state index in [-0.39, 0.29) is 13.0 Å². The van der Waals surface area contributed by atoms with Crippen molar-refractivity contribution in [3.63, 3.8) is 0 Å². The minimum Gasteiger partial charge on any atom is -0.481 e. The molecule has 0 saturated heterocycles. The van der Waals surface area contributed by atoms with Gasteiger partial charge in [-0.3, -0.25) is 9.59 Å². The molecule has 5 nitrogen and oxygen atoms in total. The van der Waals surface area contributed by atoms with Crippen LogP contribution in [0.5, 0.6) is 0 Å². The normalized spacial score (nSPS) is 12.9. The number of carbonyl (C=O) groups is 2. The summed E-state index contributed by atoms with van der Waals surface area (Å²) >= 11 is 1.62. The van der Waals surface area contributed by atoms with Crippen molar-refractivity contribution >= 4 is 23.6 Å². The molecule has 0 aliphatic rings. The lowest BCUT2D eigenvalue weighted by molar-refractivity contribution is -0.147. The third-order valence-corrected chi connectivity index (χ3v) is 5.52. The largest absolute Gasteiger partial charge is 0.481 e. The van der Waals surface area contributed by atoms with Crippen molar-refractivity contribution in [1.82, 2.24) is 5.32 Å². The second kappa shape index (κ2) is 12.3. The standard InChI is InChI=1S/C23H29NO4S/c1-29-15-14-20(16-25)24-22(26)21(23(27)28)9-5-6-17-10-12-19(13-11-17)18-7-3-2-4-8-18/h2-4,7-8,10-13,20-21,25H,5-6,9,14-16H2,1H3,(H,24,26)(H,27,28). The molecule has 0 bridgehead atoms. The highest BCUT2D eigenvalue weighted by molar-refractivity contribution is 7.98. The topological polar surface area (TPSA) is 86.6 Å². The summed E-state index contributed by atoms with van der Waals surface area (Å²) in [5.74, 6) is -1.94. The summed E-state index contributed by atoms with van der Waals surface area (Å²) in [5, 5.41) is 21.5. The molecule has 1 amide bonds. The number of amides is 1. The number of thioether (sulfide) groups is 1. The molecular formula is C23H29NO4S. The Morgan fingerprint density at radius 3 is 2.24 bits per heavy atom. The van der Waals surface area contributed by atoms with Crippen molar-refractivity contribution in [2.45, 2.75) is 31.7 Å². The highest BCUT2D eigenvalue weighted by Gasteiger charge is 2.27. The fourth-order valence-corrected chi connectivity index (χ4v) is 3.66. The minimum atomic E-state index is -1.12. The molecule has 2 aromatic rings. The van der Waals surface area contributed by atoms with Gasteiger partial charge in [-0.2, -0.15) is 11.8 Å². The summed E-state index contributed by atoms with van der Waals surface area (Å²) in [4.78, 5) is 23.9. The molecule has 156 valence electrons. The first-order valence-corrected chi connectivity index (χ1v) is 11.2. The fraction of sp³-hybridized carbons (Fsp3) is 0.391. The van der Waals surface area contributed by atoms with Gasteiger partial charge < -0.3 is 15.5 Å². The summed E-state index contributed by atoms with van der Waals surface area (Å²) < 4.78 is 0. The second-order valence-electron chi connectivity index (χ2n) is 7.02. The number of hydrogen-bond donors (Lipinski definition) is 3. The van der Waals surface area contributed by atoms with Gasteiger partial charge in [-0.15, -0.1) is 0 Å². The van der Waals surface area contributed by atoms with Crippen molar-refractivity contribution in [2.75, 3.05) is 18.6 Å². The molecule has 0 aliphatic heterocycles. The predicted octanol–water partition coefficient (Wildman–Crippen LogP) is 3.61. The summed E-state index contributed by atoms with van der Waals surface area (Å²) in [5.41, 5.74) is 3.40. The number of aliphatic hydroxyl groups excluding tert-OH is 1. The van der Waals surface area contributed by atoms with Gasteiger partial charge in [0.05, 0.1) is 12.6 Å². The van der Waals surface area contributed by atoms with Crippen LogP contribution in [0.1, 0.15) is 24.8 Å². The van der Waals surface area contributed by atoms with Gasteiger partial charge in [-0.25, -0.2) is 0 Å². The third-order valence-electron chi connectivity index (χ3n) is 4.87. The van der Waals surface area contributed by atoms with Crippen LogP contribution in [0.15, 0.2) is 54.6 Å². The molecule has 0 aliphatic carbocycles. The number of carboxylic acids is 1. The summed E-state index contributed by atoms with van der Waals surface area (Å²) in [6.07, 6.45) is 4.14. The van der Waals surface area contributed by atoms with Gasteiger partial charge >= 0.3 is 5.97 Å². The first-order valence-electron chi connectivity index (χ1n) is 9.82. The molecule has 0 fully saturated rings. The van der Waals surface area contributed by atoms with E-state index in [1.165, 1.54) is 0 Å². The zero-order valence-electron chi connectivity index (χ0n) is 16.7. The average Bonchev–Trinajstić information content (AvgIpc) is 2.74. The van der Waals surface area contributed by atoms with E-state index in [0.29, 0.717) is 19.3 Å². The van der Waals surface area contributed by atoms with Gasteiger partial charge in [0, 0.05) is 0 Å². The van der Waals surface area contributed by atoms with Gasteiger partial charge in [-0.05, 0) is 54.4 Å².